The third kappa shape index (κ3) is 2.13. The van der Waals surface area contributed by atoms with Crippen molar-refractivity contribution in [3.05, 3.63) is 44.0 Å². The molecule has 0 aromatic carbocycles. The van der Waals surface area contributed by atoms with Crippen molar-refractivity contribution >= 4 is 22.9 Å². The monoisotopic (exact) mass is 270 g/mol. The molecule has 0 bridgehead atoms. The van der Waals surface area contributed by atoms with E-state index in [4.69, 9.17) is 21.9 Å². The minimum absolute atomic E-state index is 0.111. The second kappa shape index (κ2) is 4.82. The summed E-state index contributed by atoms with van der Waals surface area (Å²) < 4.78 is 5.63. The molecule has 0 aliphatic carbocycles. The van der Waals surface area contributed by atoms with Gasteiger partial charge in [-0.25, -0.2) is 5.43 Å². The van der Waals surface area contributed by atoms with E-state index < -0.39 is 0 Å². The van der Waals surface area contributed by atoms with Gasteiger partial charge in [0.25, 0.3) is 0 Å². The van der Waals surface area contributed by atoms with E-state index in [1.165, 1.54) is 0 Å². The number of hydrogen-bond acceptors (Lipinski definition) is 4. The lowest BCUT2D eigenvalue weighted by Gasteiger charge is -2.15. The molecule has 0 radical (unpaired) electrons. The first-order valence-electron chi connectivity index (χ1n) is 5.31. The highest BCUT2D eigenvalue weighted by Crippen LogP contribution is 2.36. The summed E-state index contributed by atoms with van der Waals surface area (Å²) in [7, 11) is 0. The number of furan rings is 1. The lowest BCUT2D eigenvalue weighted by molar-refractivity contribution is 0.494. The van der Waals surface area contributed by atoms with Crippen molar-refractivity contribution < 1.29 is 4.42 Å². The van der Waals surface area contributed by atoms with Gasteiger partial charge in [0.1, 0.15) is 11.5 Å². The maximum Gasteiger partial charge on any atom is 0.106 e. The van der Waals surface area contributed by atoms with Crippen molar-refractivity contribution in [3.8, 4) is 0 Å². The number of thiophene rings is 1. The number of nitrogens with two attached hydrogens (primary N) is 1. The molecule has 1 unspecified atom stereocenters. The Kier molecular flexibility index (Phi) is 3.58. The van der Waals surface area contributed by atoms with Crippen molar-refractivity contribution in [2.24, 2.45) is 5.84 Å². The Bertz CT molecular complexity index is 533. The normalized spacial score (nSPS) is 13.0. The molecule has 0 fully saturated rings. The summed E-state index contributed by atoms with van der Waals surface area (Å²) in [6.45, 7) is 5.93. The maximum atomic E-state index is 6.16. The van der Waals surface area contributed by atoms with Crippen molar-refractivity contribution in [3.63, 3.8) is 0 Å². The number of rotatable bonds is 3. The quantitative estimate of drug-likeness (QED) is 0.663. The highest BCUT2D eigenvalue weighted by Gasteiger charge is 2.24. The van der Waals surface area contributed by atoms with Crippen LogP contribution in [0.3, 0.4) is 0 Å². The molecule has 2 rings (SSSR count). The minimum atomic E-state index is -0.111. The number of hydrogen-bond donors (Lipinski definition) is 2. The highest BCUT2D eigenvalue weighted by molar-refractivity contribution is 7.10. The van der Waals surface area contributed by atoms with Crippen LogP contribution >= 0.6 is 22.9 Å². The van der Waals surface area contributed by atoms with Crippen molar-refractivity contribution in [1.29, 1.82) is 0 Å². The molecule has 0 aliphatic heterocycles. The summed E-state index contributed by atoms with van der Waals surface area (Å²) in [5.74, 6) is 7.47. The molecule has 0 saturated carbocycles. The van der Waals surface area contributed by atoms with E-state index in [1.807, 2.05) is 32.2 Å². The first-order chi connectivity index (χ1) is 8.06. The third-order valence-corrected chi connectivity index (χ3v) is 4.40. The molecule has 0 spiro atoms. The van der Waals surface area contributed by atoms with Crippen LogP contribution < -0.4 is 11.3 Å². The molecule has 0 saturated heterocycles. The van der Waals surface area contributed by atoms with E-state index in [0.717, 1.165) is 32.5 Å². The zero-order valence-electron chi connectivity index (χ0n) is 10.0. The molecule has 2 aromatic rings. The van der Waals surface area contributed by atoms with E-state index in [9.17, 15) is 0 Å². The minimum Gasteiger partial charge on any atom is -0.466 e. The molecule has 0 aliphatic rings. The van der Waals surface area contributed by atoms with Gasteiger partial charge >= 0.3 is 0 Å². The Labute approximate surface area is 110 Å². The second-order valence-electron chi connectivity index (χ2n) is 3.99. The van der Waals surface area contributed by atoms with Gasteiger partial charge in [-0.2, -0.15) is 0 Å². The first kappa shape index (κ1) is 12.6. The molecule has 2 aromatic heterocycles. The van der Waals surface area contributed by atoms with Gasteiger partial charge < -0.3 is 4.42 Å². The molecule has 3 nitrogen and oxygen atoms in total. The Hall–Kier alpha value is -0.810. The SMILES string of the molecule is Cc1oc(C)c(C(NN)c2sccc2Cl)c1C. The van der Waals surface area contributed by atoms with Crippen LogP contribution in [0.1, 0.15) is 33.6 Å². The molecular weight excluding hydrogens is 256 g/mol. The lowest BCUT2D eigenvalue weighted by atomic mass is 10.0. The van der Waals surface area contributed by atoms with Gasteiger partial charge in [-0.1, -0.05) is 11.6 Å². The summed E-state index contributed by atoms with van der Waals surface area (Å²) in [5, 5.41) is 2.69. The van der Waals surface area contributed by atoms with Gasteiger partial charge in [0, 0.05) is 10.4 Å². The third-order valence-electron chi connectivity index (χ3n) is 2.98. The summed E-state index contributed by atoms with van der Waals surface area (Å²) >= 11 is 7.75. The average Bonchev–Trinajstić information content (AvgIpc) is 2.79. The largest absolute Gasteiger partial charge is 0.466 e. The maximum absolute atomic E-state index is 6.16. The zero-order chi connectivity index (χ0) is 12.6. The fraction of sp³-hybridized carbons (Fsp3) is 0.333. The predicted molar refractivity (Wildman–Crippen MR) is 71.4 cm³/mol. The Morgan fingerprint density at radius 1 is 1.35 bits per heavy atom. The highest BCUT2D eigenvalue weighted by atomic mass is 35.5. The fourth-order valence-electron chi connectivity index (χ4n) is 2.04. The Morgan fingerprint density at radius 2 is 2.06 bits per heavy atom. The fourth-order valence-corrected chi connectivity index (χ4v) is 3.27. The van der Waals surface area contributed by atoms with Crippen LogP contribution in [0.25, 0.3) is 0 Å². The summed E-state index contributed by atoms with van der Waals surface area (Å²) in [4.78, 5) is 1.01. The van der Waals surface area contributed by atoms with E-state index in [0.29, 0.717) is 0 Å². The number of aryl methyl sites for hydroxylation is 2. The van der Waals surface area contributed by atoms with E-state index >= 15 is 0 Å². The van der Waals surface area contributed by atoms with Crippen LogP contribution in [0.5, 0.6) is 0 Å². The second-order valence-corrected chi connectivity index (χ2v) is 5.34. The van der Waals surface area contributed by atoms with Gasteiger partial charge in [0.2, 0.25) is 0 Å². The smallest absolute Gasteiger partial charge is 0.106 e. The standard InChI is InChI=1S/C12H15ClN2OS/c1-6-7(2)16-8(3)10(6)11(15-14)12-9(13)4-5-17-12/h4-5,11,15H,14H2,1-3H3. The van der Waals surface area contributed by atoms with Crippen molar-refractivity contribution in [2.75, 3.05) is 0 Å². The van der Waals surface area contributed by atoms with Crippen molar-refractivity contribution in [1.82, 2.24) is 5.43 Å². The van der Waals surface area contributed by atoms with Crippen LogP contribution in [-0.4, -0.2) is 0 Å². The number of hydrazine groups is 1. The van der Waals surface area contributed by atoms with Crippen LogP contribution in [0.15, 0.2) is 15.9 Å². The van der Waals surface area contributed by atoms with Crippen molar-refractivity contribution in [2.45, 2.75) is 26.8 Å². The number of nitrogens with one attached hydrogen (secondary N) is 1. The van der Waals surface area contributed by atoms with Gasteiger partial charge in [0.15, 0.2) is 0 Å². The zero-order valence-corrected chi connectivity index (χ0v) is 11.6. The molecule has 17 heavy (non-hydrogen) atoms. The Balaban J connectivity index is 2.53. The van der Waals surface area contributed by atoms with E-state index in [-0.39, 0.29) is 6.04 Å². The molecule has 0 amide bonds. The van der Waals surface area contributed by atoms with Crippen LogP contribution in [0.2, 0.25) is 5.02 Å². The molecule has 5 heteroatoms. The van der Waals surface area contributed by atoms with E-state index in [1.54, 1.807) is 11.3 Å². The lowest BCUT2D eigenvalue weighted by Crippen LogP contribution is -2.29. The van der Waals surface area contributed by atoms with Gasteiger partial charge in [-0.05, 0) is 37.8 Å². The molecular formula is C12H15ClN2OS. The first-order valence-corrected chi connectivity index (χ1v) is 6.57. The predicted octanol–water partition coefficient (Wildman–Crippen LogP) is 3.47. The molecule has 92 valence electrons. The molecule has 1 atom stereocenters. The molecule has 3 N–H and O–H groups in total. The summed E-state index contributed by atoms with van der Waals surface area (Å²) in [6, 6.07) is 1.77. The van der Waals surface area contributed by atoms with Crippen LogP contribution in [-0.2, 0) is 0 Å². The molecule has 2 heterocycles. The summed E-state index contributed by atoms with van der Waals surface area (Å²) in [6.07, 6.45) is 0. The average molecular weight is 271 g/mol. The summed E-state index contributed by atoms with van der Waals surface area (Å²) in [5.41, 5.74) is 5.02. The van der Waals surface area contributed by atoms with E-state index in [2.05, 4.69) is 5.43 Å². The van der Waals surface area contributed by atoms with Gasteiger partial charge in [-0.3, -0.25) is 5.84 Å². The van der Waals surface area contributed by atoms with Gasteiger partial charge in [0.05, 0.1) is 11.1 Å². The van der Waals surface area contributed by atoms with Gasteiger partial charge in [-0.15, -0.1) is 11.3 Å². The number of halogens is 1. The van der Waals surface area contributed by atoms with Crippen LogP contribution in [0.4, 0.5) is 0 Å². The topological polar surface area (TPSA) is 51.2 Å². The Morgan fingerprint density at radius 3 is 2.47 bits per heavy atom. The van der Waals surface area contributed by atoms with Crippen LogP contribution in [0, 0.1) is 20.8 Å².